The van der Waals surface area contributed by atoms with Crippen LogP contribution in [0.3, 0.4) is 0 Å². The first-order valence-electron chi connectivity index (χ1n) is 11.2. The van der Waals surface area contributed by atoms with Crippen molar-refractivity contribution in [3.8, 4) is 5.75 Å². The fourth-order valence-electron chi connectivity index (χ4n) is 5.53. The van der Waals surface area contributed by atoms with E-state index in [1.807, 2.05) is 31.2 Å². The van der Waals surface area contributed by atoms with E-state index in [1.165, 1.54) is 6.07 Å². The number of hydrogen-bond donors (Lipinski definition) is 6. The highest BCUT2D eigenvalue weighted by molar-refractivity contribution is 6.23. The minimum Gasteiger partial charge on any atom is -0.508 e. The quantitative estimate of drug-likeness (QED) is 0.345. The van der Waals surface area contributed by atoms with Gasteiger partial charge < -0.3 is 31.3 Å². The van der Waals surface area contributed by atoms with Gasteiger partial charge in [0.15, 0.2) is 11.4 Å². The molecule has 0 radical (unpaired) electrons. The summed E-state index contributed by atoms with van der Waals surface area (Å²) in [5.74, 6) is -8.49. The third-order valence-electron chi connectivity index (χ3n) is 7.30. The molecule has 9 nitrogen and oxygen atoms in total. The van der Waals surface area contributed by atoms with Gasteiger partial charge in [-0.1, -0.05) is 48.0 Å². The first kappa shape index (κ1) is 23.5. The molecule has 0 saturated heterocycles. The molecule has 0 spiro atoms. The van der Waals surface area contributed by atoms with E-state index in [0.29, 0.717) is 16.7 Å². The van der Waals surface area contributed by atoms with Crippen LogP contribution in [-0.2, 0) is 14.4 Å². The molecule has 1 fully saturated rings. The Morgan fingerprint density at radius 3 is 2.39 bits per heavy atom. The van der Waals surface area contributed by atoms with Crippen molar-refractivity contribution >= 4 is 34.9 Å². The van der Waals surface area contributed by atoms with E-state index in [1.54, 1.807) is 18.2 Å². The van der Waals surface area contributed by atoms with Crippen LogP contribution in [0.15, 0.2) is 59.4 Å². The summed E-state index contributed by atoms with van der Waals surface area (Å²) in [7, 11) is 0. The maximum absolute atomic E-state index is 13.8. The highest BCUT2D eigenvalue weighted by atomic mass is 16.4. The standard InChI is InChI=1S/C27H23NO8/c1-11-5-7-12(8-6-11)9-14-13-3-2-4-16(29)18(13)23(32)21-19(14)22(31)15-10-17(30)20(26(28)35)24(33)27(15,36)25(21)34/h2-9,15,19,22,29,31-33,36H,10H2,1H3,(H2,28,35)/b14-9+/t15-,19-,22-,27-/m1/s1. The van der Waals surface area contributed by atoms with Gasteiger partial charge in [-0.05, 0) is 29.7 Å². The second-order valence-corrected chi connectivity index (χ2v) is 9.36. The molecule has 4 atom stereocenters. The molecule has 1 amide bonds. The molecule has 2 aromatic rings. The molecule has 5 rings (SSSR count). The van der Waals surface area contributed by atoms with Crippen molar-refractivity contribution in [3.05, 3.63) is 81.6 Å². The molecular weight excluding hydrogens is 466 g/mol. The Morgan fingerprint density at radius 1 is 1.08 bits per heavy atom. The van der Waals surface area contributed by atoms with Crippen LogP contribution in [0.4, 0.5) is 0 Å². The SMILES string of the molecule is Cc1ccc(/C=C2\c3cccc(O)c3C(O)=C3C(=O)[C@]4(O)C(O)=C(C(N)=O)C(=O)C[C@@H]4[C@@H](O)[C@@H]32)cc1. The number of phenols is 1. The summed E-state index contributed by atoms with van der Waals surface area (Å²) in [6, 6.07) is 11.8. The number of fused-ring (bicyclic) bond motifs is 3. The van der Waals surface area contributed by atoms with E-state index >= 15 is 0 Å². The lowest BCUT2D eigenvalue weighted by Crippen LogP contribution is -2.63. The third kappa shape index (κ3) is 3.06. The first-order valence-corrected chi connectivity index (χ1v) is 11.2. The largest absolute Gasteiger partial charge is 0.508 e. The molecule has 184 valence electrons. The van der Waals surface area contributed by atoms with Gasteiger partial charge in [0, 0.05) is 18.3 Å². The number of carbonyl (C=O) groups is 3. The topological polar surface area (TPSA) is 178 Å². The second kappa shape index (κ2) is 7.91. The molecule has 0 aliphatic heterocycles. The Kier molecular flexibility index (Phi) is 5.17. The Bertz CT molecular complexity index is 1450. The number of Topliss-reactive ketones (excluding diaryl/α,β-unsaturated/α-hetero) is 2. The predicted octanol–water partition coefficient (Wildman–Crippen LogP) is 1.70. The fraction of sp³-hybridized carbons (Fsp3) is 0.222. The molecule has 2 aromatic carbocycles. The Morgan fingerprint density at radius 2 is 1.75 bits per heavy atom. The van der Waals surface area contributed by atoms with Crippen molar-refractivity contribution in [2.75, 3.05) is 0 Å². The summed E-state index contributed by atoms with van der Waals surface area (Å²) in [6.07, 6.45) is -0.594. The molecule has 3 aliphatic carbocycles. The normalized spacial score (nSPS) is 28.6. The molecule has 0 aromatic heterocycles. The van der Waals surface area contributed by atoms with Crippen molar-refractivity contribution in [1.29, 1.82) is 0 Å². The summed E-state index contributed by atoms with van der Waals surface area (Å²) < 4.78 is 0. The second-order valence-electron chi connectivity index (χ2n) is 9.36. The minimum atomic E-state index is -2.88. The van der Waals surface area contributed by atoms with Gasteiger partial charge in [0.2, 0.25) is 5.78 Å². The average molecular weight is 489 g/mol. The van der Waals surface area contributed by atoms with E-state index in [-0.39, 0.29) is 11.3 Å². The van der Waals surface area contributed by atoms with E-state index in [2.05, 4.69) is 0 Å². The van der Waals surface area contributed by atoms with E-state index in [4.69, 9.17) is 5.73 Å². The molecule has 0 heterocycles. The molecule has 0 bridgehead atoms. The number of hydrogen-bond acceptors (Lipinski definition) is 8. The number of ketones is 2. The van der Waals surface area contributed by atoms with Crippen LogP contribution in [0.25, 0.3) is 17.4 Å². The molecular formula is C27H23NO8. The van der Waals surface area contributed by atoms with Crippen molar-refractivity contribution in [2.24, 2.45) is 17.6 Å². The van der Waals surface area contributed by atoms with Gasteiger partial charge in [0.05, 0.1) is 17.2 Å². The van der Waals surface area contributed by atoms with Crippen LogP contribution >= 0.6 is 0 Å². The number of phenolic OH excluding ortho intramolecular Hbond substituents is 1. The summed E-state index contributed by atoms with van der Waals surface area (Å²) >= 11 is 0. The van der Waals surface area contributed by atoms with E-state index < -0.39 is 70.1 Å². The highest BCUT2D eigenvalue weighted by Crippen LogP contribution is 2.55. The lowest BCUT2D eigenvalue weighted by molar-refractivity contribution is -0.157. The maximum Gasteiger partial charge on any atom is 0.255 e. The van der Waals surface area contributed by atoms with E-state index in [9.17, 15) is 39.9 Å². The van der Waals surface area contributed by atoms with Gasteiger partial charge in [0.25, 0.3) is 5.91 Å². The number of benzene rings is 2. The predicted molar refractivity (Wildman–Crippen MR) is 128 cm³/mol. The van der Waals surface area contributed by atoms with Gasteiger partial charge in [-0.3, -0.25) is 14.4 Å². The lowest BCUT2D eigenvalue weighted by Gasteiger charge is -2.49. The number of aromatic hydroxyl groups is 1. The van der Waals surface area contributed by atoms with Gasteiger partial charge in [-0.25, -0.2) is 0 Å². The van der Waals surface area contributed by atoms with Crippen molar-refractivity contribution in [1.82, 2.24) is 0 Å². The minimum absolute atomic E-state index is 0.0878. The monoisotopic (exact) mass is 489 g/mol. The van der Waals surface area contributed by atoms with Gasteiger partial charge in [-0.2, -0.15) is 0 Å². The number of amides is 1. The average Bonchev–Trinajstić information content (AvgIpc) is 2.82. The smallest absolute Gasteiger partial charge is 0.255 e. The molecule has 9 heteroatoms. The van der Waals surface area contributed by atoms with Crippen LogP contribution < -0.4 is 5.73 Å². The molecule has 1 saturated carbocycles. The first-order chi connectivity index (χ1) is 17.0. The molecule has 0 unspecified atom stereocenters. The number of aliphatic hydroxyl groups excluding tert-OH is 3. The zero-order chi connectivity index (χ0) is 26.1. The van der Waals surface area contributed by atoms with Crippen LogP contribution in [0.5, 0.6) is 5.75 Å². The number of rotatable bonds is 2. The molecule has 7 N–H and O–H groups in total. The van der Waals surface area contributed by atoms with Crippen LogP contribution in [0, 0.1) is 18.8 Å². The van der Waals surface area contributed by atoms with Gasteiger partial charge in [0.1, 0.15) is 22.8 Å². The van der Waals surface area contributed by atoms with Crippen LogP contribution in [0.2, 0.25) is 0 Å². The lowest BCUT2D eigenvalue weighted by atomic mass is 9.56. The zero-order valence-corrected chi connectivity index (χ0v) is 19.1. The van der Waals surface area contributed by atoms with Gasteiger partial charge in [-0.15, -0.1) is 0 Å². The maximum atomic E-state index is 13.8. The van der Waals surface area contributed by atoms with Crippen molar-refractivity contribution < 1.29 is 39.9 Å². The van der Waals surface area contributed by atoms with E-state index in [0.717, 1.165) is 5.56 Å². The summed E-state index contributed by atoms with van der Waals surface area (Å²) in [5.41, 5.74) is 3.25. The summed E-state index contributed by atoms with van der Waals surface area (Å²) in [6.45, 7) is 1.91. The number of aliphatic hydroxyl groups is 4. The van der Waals surface area contributed by atoms with Crippen LogP contribution in [0.1, 0.15) is 28.7 Å². The fourth-order valence-corrected chi connectivity index (χ4v) is 5.53. The van der Waals surface area contributed by atoms with Crippen molar-refractivity contribution in [3.63, 3.8) is 0 Å². The Hall–Kier alpha value is -4.21. The van der Waals surface area contributed by atoms with Gasteiger partial charge >= 0.3 is 0 Å². The van der Waals surface area contributed by atoms with Crippen LogP contribution in [-0.4, -0.2) is 54.7 Å². The number of nitrogens with two attached hydrogens (primary N) is 1. The summed E-state index contributed by atoms with van der Waals surface area (Å²) in [5, 5.41) is 55.3. The Labute approximate surface area is 205 Å². The van der Waals surface area contributed by atoms with Crippen molar-refractivity contribution in [2.45, 2.75) is 25.0 Å². The number of aryl methyl sites for hydroxylation is 1. The molecule has 36 heavy (non-hydrogen) atoms. The number of primary amides is 1. The molecule has 3 aliphatic rings. The Balaban J connectivity index is 1.81. The highest BCUT2D eigenvalue weighted by Gasteiger charge is 2.64. The summed E-state index contributed by atoms with van der Waals surface area (Å²) in [4.78, 5) is 38.2. The number of carbonyl (C=O) groups excluding carboxylic acids is 3. The zero-order valence-electron chi connectivity index (χ0n) is 19.1. The third-order valence-corrected chi connectivity index (χ3v) is 7.30.